The Balaban J connectivity index is 2.80. The average molecular weight is 788 g/mol. The molecule has 1 aromatic heterocycles. The van der Waals surface area contributed by atoms with Crippen LogP contribution in [0.5, 0.6) is 0 Å². The van der Waals surface area contributed by atoms with Crippen LogP contribution in [0, 0.1) is 6.92 Å². The molecule has 328 valence electrons. The number of aromatic nitrogens is 2. The Morgan fingerprint density at radius 2 is 1.05 bits per heavy atom. The van der Waals surface area contributed by atoms with Crippen LogP contribution in [-0.4, -0.2) is 58.2 Å². The van der Waals surface area contributed by atoms with E-state index in [1.807, 2.05) is 6.20 Å². The maximum atomic E-state index is 14.3. The number of aryl methyl sites for hydroxylation is 2. The van der Waals surface area contributed by atoms with Gasteiger partial charge in [-0.05, 0) is 71.3 Å². The van der Waals surface area contributed by atoms with E-state index in [0.717, 1.165) is 115 Å². The van der Waals surface area contributed by atoms with Crippen LogP contribution in [-0.2, 0) is 25.6 Å². The van der Waals surface area contributed by atoms with Crippen molar-refractivity contribution in [2.45, 2.75) is 265 Å². The minimum absolute atomic E-state index is 0.0253. The summed E-state index contributed by atoms with van der Waals surface area (Å²) in [7, 11) is 0. The van der Waals surface area contributed by atoms with E-state index in [1.165, 1.54) is 116 Å². The molecule has 0 aliphatic carbocycles. The topological polar surface area (TPSA) is 73.7 Å². The Morgan fingerprint density at radius 1 is 0.589 bits per heavy atom. The summed E-state index contributed by atoms with van der Waals surface area (Å²) in [6.45, 7) is 14.4. The van der Waals surface area contributed by atoms with Gasteiger partial charge in [-0.1, -0.05) is 175 Å². The molecule has 7 nitrogen and oxygen atoms in total. The van der Waals surface area contributed by atoms with Gasteiger partial charge in [0, 0.05) is 31.9 Å². The summed E-state index contributed by atoms with van der Waals surface area (Å²) in [5.74, 6) is 1.03. The predicted octanol–water partition coefficient (Wildman–Crippen LogP) is 14.3. The Hall–Kier alpha value is -1.89. The fraction of sp³-hybridized carbons (Fsp3) is 0.898. The highest BCUT2D eigenvalue weighted by atomic mass is 16.5. The molecule has 1 aromatic rings. The molecule has 0 N–H and O–H groups in total. The molecule has 1 unspecified atom stereocenters. The normalized spacial score (nSPS) is 12.2. The van der Waals surface area contributed by atoms with Crippen LogP contribution >= 0.6 is 0 Å². The zero-order chi connectivity index (χ0) is 40.7. The van der Waals surface area contributed by atoms with Crippen molar-refractivity contribution in [1.29, 1.82) is 0 Å². The number of carbonyl (C=O) groups is 2. The van der Waals surface area contributed by atoms with E-state index < -0.39 is 0 Å². The van der Waals surface area contributed by atoms with Gasteiger partial charge in [-0.25, -0.2) is 4.98 Å². The van der Waals surface area contributed by atoms with Gasteiger partial charge in [0.25, 0.3) is 0 Å². The van der Waals surface area contributed by atoms with Gasteiger partial charge < -0.3 is 14.0 Å². The van der Waals surface area contributed by atoms with Gasteiger partial charge in [0.2, 0.25) is 0 Å². The molecule has 0 saturated carbocycles. The highest BCUT2D eigenvalue weighted by molar-refractivity contribution is 5.76. The van der Waals surface area contributed by atoms with E-state index in [-0.39, 0.29) is 24.1 Å². The largest absolute Gasteiger partial charge is 0.466 e. The number of esters is 2. The van der Waals surface area contributed by atoms with E-state index in [1.54, 1.807) is 0 Å². The number of ether oxygens (including phenoxy) is 2. The van der Waals surface area contributed by atoms with E-state index in [2.05, 4.69) is 55.3 Å². The first-order valence-corrected chi connectivity index (χ1v) is 24.5. The summed E-state index contributed by atoms with van der Waals surface area (Å²) in [5, 5.41) is 0. The molecule has 0 aliphatic rings. The molecule has 1 heterocycles. The summed E-state index contributed by atoms with van der Waals surface area (Å²) in [5.41, 5.74) is 0. The number of nitrogens with zero attached hydrogens (tertiary/aromatic N) is 3. The van der Waals surface area contributed by atoms with E-state index in [9.17, 15) is 9.59 Å². The SMILES string of the molecule is CCCCCCCCCOC(=O)CCCCCCCN(CCCn1ccnc1C)C(CCCCCC)C(=O)OC(CCCCCCCC)CCCCCCCC. The summed E-state index contributed by atoms with van der Waals surface area (Å²) in [4.78, 5) is 33.5. The lowest BCUT2D eigenvalue weighted by atomic mass is 10.0. The molecule has 1 atom stereocenters. The lowest BCUT2D eigenvalue weighted by Crippen LogP contribution is -2.44. The molecule has 7 heteroatoms. The molecule has 0 aromatic carbocycles. The molecular formula is C49H93N3O4. The fourth-order valence-corrected chi connectivity index (χ4v) is 7.96. The first-order chi connectivity index (χ1) is 27.5. The van der Waals surface area contributed by atoms with Crippen LogP contribution in [0.3, 0.4) is 0 Å². The van der Waals surface area contributed by atoms with Crippen molar-refractivity contribution in [2.75, 3.05) is 19.7 Å². The number of imidazole rings is 1. The first-order valence-electron chi connectivity index (χ1n) is 24.5. The van der Waals surface area contributed by atoms with Crippen LogP contribution in [0.15, 0.2) is 12.4 Å². The number of rotatable bonds is 42. The van der Waals surface area contributed by atoms with Crippen LogP contribution < -0.4 is 0 Å². The second kappa shape index (κ2) is 38.6. The van der Waals surface area contributed by atoms with Crippen molar-refractivity contribution >= 4 is 11.9 Å². The highest BCUT2D eigenvalue weighted by Gasteiger charge is 2.29. The van der Waals surface area contributed by atoms with Gasteiger partial charge in [-0.2, -0.15) is 0 Å². The third-order valence-electron chi connectivity index (χ3n) is 11.7. The maximum Gasteiger partial charge on any atom is 0.323 e. The molecule has 0 radical (unpaired) electrons. The van der Waals surface area contributed by atoms with Crippen LogP contribution in [0.4, 0.5) is 0 Å². The van der Waals surface area contributed by atoms with E-state index in [0.29, 0.717) is 13.0 Å². The third-order valence-corrected chi connectivity index (χ3v) is 11.7. The number of carbonyl (C=O) groups excluding carboxylic acids is 2. The monoisotopic (exact) mass is 788 g/mol. The second-order valence-corrected chi connectivity index (χ2v) is 17.0. The van der Waals surface area contributed by atoms with Crippen LogP contribution in [0.1, 0.15) is 245 Å². The zero-order valence-corrected chi connectivity index (χ0v) is 37.9. The quantitative estimate of drug-likeness (QED) is 0.0485. The van der Waals surface area contributed by atoms with Crippen LogP contribution in [0.25, 0.3) is 0 Å². The summed E-state index contributed by atoms with van der Waals surface area (Å²) in [6.07, 6.45) is 42.1. The standard InChI is InChI=1S/C49H93N3O4/c1-6-10-14-18-21-27-33-44-55-48(53)38-31-25-22-26-32-40-52(42-34-41-51-43-39-50-45(51)5)47(37-30-17-13-9-4)49(54)56-46(35-28-23-19-15-11-7-2)36-29-24-20-16-12-8-3/h39,43,46-47H,6-38,40-42,44H2,1-5H3. The Labute approximate surface area is 347 Å². The Bertz CT molecular complexity index is 997. The minimum atomic E-state index is -0.182. The predicted molar refractivity (Wildman–Crippen MR) is 238 cm³/mol. The second-order valence-electron chi connectivity index (χ2n) is 17.0. The molecule has 0 fully saturated rings. The van der Waals surface area contributed by atoms with Crippen molar-refractivity contribution < 1.29 is 19.1 Å². The Morgan fingerprint density at radius 3 is 1.61 bits per heavy atom. The van der Waals surface area contributed by atoms with Crippen molar-refractivity contribution in [3.8, 4) is 0 Å². The number of hydrogen-bond donors (Lipinski definition) is 0. The van der Waals surface area contributed by atoms with E-state index >= 15 is 0 Å². The highest BCUT2D eigenvalue weighted by Crippen LogP contribution is 2.22. The summed E-state index contributed by atoms with van der Waals surface area (Å²) < 4.78 is 14.3. The van der Waals surface area contributed by atoms with Crippen molar-refractivity contribution in [2.24, 2.45) is 0 Å². The third kappa shape index (κ3) is 29.3. The molecule has 0 saturated heterocycles. The fourth-order valence-electron chi connectivity index (χ4n) is 7.96. The molecule has 0 bridgehead atoms. The van der Waals surface area contributed by atoms with E-state index in [4.69, 9.17) is 9.47 Å². The van der Waals surface area contributed by atoms with Gasteiger partial charge in [0.1, 0.15) is 18.0 Å². The van der Waals surface area contributed by atoms with Gasteiger partial charge >= 0.3 is 11.9 Å². The number of hydrogen-bond acceptors (Lipinski definition) is 6. The average Bonchev–Trinajstić information content (AvgIpc) is 3.61. The lowest BCUT2D eigenvalue weighted by Gasteiger charge is -2.32. The number of unbranched alkanes of at least 4 members (excludes halogenated alkanes) is 23. The minimum Gasteiger partial charge on any atom is -0.466 e. The molecule has 0 amide bonds. The Kier molecular flexibility index (Phi) is 35.9. The van der Waals surface area contributed by atoms with Crippen molar-refractivity contribution in [3.63, 3.8) is 0 Å². The van der Waals surface area contributed by atoms with Gasteiger partial charge in [-0.15, -0.1) is 0 Å². The lowest BCUT2D eigenvalue weighted by molar-refractivity contribution is -0.157. The van der Waals surface area contributed by atoms with Gasteiger partial charge in [-0.3, -0.25) is 14.5 Å². The molecular weight excluding hydrogens is 695 g/mol. The first kappa shape index (κ1) is 52.1. The summed E-state index contributed by atoms with van der Waals surface area (Å²) >= 11 is 0. The smallest absolute Gasteiger partial charge is 0.323 e. The van der Waals surface area contributed by atoms with Crippen LogP contribution in [0.2, 0.25) is 0 Å². The van der Waals surface area contributed by atoms with Gasteiger partial charge in [0.05, 0.1) is 6.61 Å². The van der Waals surface area contributed by atoms with Crippen molar-refractivity contribution in [1.82, 2.24) is 14.5 Å². The molecule has 1 rings (SSSR count). The van der Waals surface area contributed by atoms with Crippen molar-refractivity contribution in [3.05, 3.63) is 18.2 Å². The van der Waals surface area contributed by atoms with Gasteiger partial charge in [0.15, 0.2) is 0 Å². The zero-order valence-electron chi connectivity index (χ0n) is 37.9. The molecule has 0 spiro atoms. The summed E-state index contributed by atoms with van der Waals surface area (Å²) in [6, 6.07) is -0.182. The molecule has 0 aliphatic heterocycles. The molecule has 56 heavy (non-hydrogen) atoms. The maximum absolute atomic E-state index is 14.3.